The molecule has 7 nitrogen and oxygen atoms in total. The van der Waals surface area contributed by atoms with Crippen molar-refractivity contribution in [2.24, 2.45) is 5.41 Å². The Balaban J connectivity index is 1.43. The SMILES string of the molecule is COC[C@@]1(C)CCc2c(-c3cc4ccc(C(=O)N5CCNCC5)cc4[nH]3)n[nH]c2C1. The highest BCUT2D eigenvalue weighted by molar-refractivity contribution is 5.99. The molecule has 1 fully saturated rings. The van der Waals surface area contributed by atoms with Gasteiger partial charge in [0.1, 0.15) is 5.69 Å². The molecular formula is C23H29N5O2. The zero-order chi connectivity index (χ0) is 20.7. The summed E-state index contributed by atoms with van der Waals surface area (Å²) in [7, 11) is 1.77. The van der Waals surface area contributed by atoms with Gasteiger partial charge in [-0.1, -0.05) is 13.0 Å². The van der Waals surface area contributed by atoms with Crippen LogP contribution in [0.15, 0.2) is 24.3 Å². The zero-order valence-electron chi connectivity index (χ0n) is 17.7. The first-order valence-corrected chi connectivity index (χ1v) is 10.7. The van der Waals surface area contributed by atoms with E-state index in [1.807, 2.05) is 23.1 Å². The number of piperazine rings is 1. The van der Waals surface area contributed by atoms with E-state index >= 15 is 0 Å². The van der Waals surface area contributed by atoms with Gasteiger partial charge in [-0.05, 0) is 42.9 Å². The summed E-state index contributed by atoms with van der Waals surface area (Å²) < 4.78 is 5.43. The number of benzene rings is 1. The van der Waals surface area contributed by atoms with Gasteiger partial charge in [0.25, 0.3) is 5.91 Å². The van der Waals surface area contributed by atoms with Gasteiger partial charge < -0.3 is 19.9 Å². The molecule has 0 radical (unpaired) electrons. The molecule has 2 aromatic heterocycles. The number of aromatic nitrogens is 3. The molecule has 1 amide bonds. The number of nitrogens with zero attached hydrogens (tertiary/aromatic N) is 2. The maximum atomic E-state index is 12.8. The molecule has 1 aromatic carbocycles. The summed E-state index contributed by atoms with van der Waals surface area (Å²) in [5.74, 6) is 0.101. The van der Waals surface area contributed by atoms with Gasteiger partial charge in [-0.2, -0.15) is 5.10 Å². The van der Waals surface area contributed by atoms with Gasteiger partial charge in [-0.15, -0.1) is 0 Å². The van der Waals surface area contributed by atoms with Crippen LogP contribution in [0.1, 0.15) is 35.0 Å². The molecule has 5 rings (SSSR count). The Morgan fingerprint density at radius 1 is 1.27 bits per heavy atom. The smallest absolute Gasteiger partial charge is 0.254 e. The molecule has 3 heterocycles. The van der Waals surface area contributed by atoms with Crippen LogP contribution < -0.4 is 5.32 Å². The summed E-state index contributed by atoms with van der Waals surface area (Å²) in [6.45, 7) is 6.27. The topological polar surface area (TPSA) is 86.0 Å². The van der Waals surface area contributed by atoms with Crippen molar-refractivity contribution >= 4 is 16.8 Å². The number of nitrogens with one attached hydrogen (secondary N) is 3. The van der Waals surface area contributed by atoms with E-state index in [4.69, 9.17) is 4.74 Å². The third kappa shape index (κ3) is 3.42. The maximum absolute atomic E-state index is 12.8. The third-order valence-corrected chi connectivity index (χ3v) is 6.56. The predicted molar refractivity (Wildman–Crippen MR) is 117 cm³/mol. The molecule has 0 unspecified atom stereocenters. The van der Waals surface area contributed by atoms with Gasteiger partial charge >= 0.3 is 0 Å². The molecule has 0 bridgehead atoms. The van der Waals surface area contributed by atoms with Crippen LogP contribution in [-0.2, 0) is 17.6 Å². The molecular weight excluding hydrogens is 378 g/mol. The fourth-order valence-corrected chi connectivity index (χ4v) is 4.89. The van der Waals surface area contributed by atoms with Crippen molar-refractivity contribution < 1.29 is 9.53 Å². The molecule has 0 spiro atoms. The van der Waals surface area contributed by atoms with Crippen LogP contribution in [0.5, 0.6) is 0 Å². The van der Waals surface area contributed by atoms with Crippen LogP contribution in [0.25, 0.3) is 22.3 Å². The largest absolute Gasteiger partial charge is 0.384 e. The second-order valence-corrected chi connectivity index (χ2v) is 8.98. The van der Waals surface area contributed by atoms with E-state index in [0.29, 0.717) is 0 Å². The van der Waals surface area contributed by atoms with Gasteiger partial charge in [0, 0.05) is 61.0 Å². The van der Waals surface area contributed by atoms with Crippen molar-refractivity contribution in [3.05, 3.63) is 41.1 Å². The average Bonchev–Trinajstić information content (AvgIpc) is 3.36. The minimum atomic E-state index is 0.101. The summed E-state index contributed by atoms with van der Waals surface area (Å²) >= 11 is 0. The molecule has 158 valence electrons. The van der Waals surface area contributed by atoms with E-state index in [1.165, 1.54) is 11.3 Å². The van der Waals surface area contributed by atoms with E-state index in [0.717, 1.165) is 79.9 Å². The number of ether oxygens (including phenoxy) is 1. The van der Waals surface area contributed by atoms with E-state index < -0.39 is 0 Å². The lowest BCUT2D eigenvalue weighted by Gasteiger charge is -2.32. The highest BCUT2D eigenvalue weighted by atomic mass is 16.5. The second kappa shape index (κ2) is 7.56. The van der Waals surface area contributed by atoms with Gasteiger partial charge in [0.15, 0.2) is 0 Å². The molecule has 1 aliphatic heterocycles. The normalized spacial score (nSPS) is 21.7. The van der Waals surface area contributed by atoms with Crippen LogP contribution in [0.4, 0.5) is 0 Å². The summed E-state index contributed by atoms with van der Waals surface area (Å²) in [6.07, 6.45) is 3.03. The van der Waals surface area contributed by atoms with Crippen LogP contribution >= 0.6 is 0 Å². The lowest BCUT2D eigenvalue weighted by Crippen LogP contribution is -2.46. The van der Waals surface area contributed by atoms with E-state index in [2.05, 4.69) is 33.5 Å². The summed E-state index contributed by atoms with van der Waals surface area (Å²) in [5, 5.41) is 12.3. The number of carbonyl (C=O) groups is 1. The standard InChI is InChI=1S/C23H29N5O2/c1-23(14-30-2)6-5-17-20(13-23)26-27-21(17)19-11-15-3-4-16(12-18(15)25-19)22(29)28-9-7-24-8-10-28/h3-4,11-12,24-25H,5-10,13-14H2,1-2H3,(H,26,27)/t23-/m0/s1. The highest BCUT2D eigenvalue weighted by Gasteiger charge is 2.33. The minimum absolute atomic E-state index is 0.101. The molecule has 30 heavy (non-hydrogen) atoms. The average molecular weight is 408 g/mol. The van der Waals surface area contributed by atoms with Crippen molar-refractivity contribution in [2.45, 2.75) is 26.2 Å². The Morgan fingerprint density at radius 3 is 2.90 bits per heavy atom. The maximum Gasteiger partial charge on any atom is 0.254 e. The van der Waals surface area contributed by atoms with E-state index in [-0.39, 0.29) is 11.3 Å². The lowest BCUT2D eigenvalue weighted by atomic mass is 9.75. The van der Waals surface area contributed by atoms with Crippen molar-refractivity contribution in [3.63, 3.8) is 0 Å². The van der Waals surface area contributed by atoms with Crippen LogP contribution in [-0.4, -0.2) is 65.9 Å². The Morgan fingerprint density at radius 2 is 2.10 bits per heavy atom. The Hall–Kier alpha value is -2.64. The molecule has 2 aliphatic rings. The number of carbonyl (C=O) groups excluding carboxylic acids is 1. The Bertz CT molecular complexity index is 1080. The van der Waals surface area contributed by atoms with Crippen LogP contribution in [0, 0.1) is 5.41 Å². The molecule has 7 heteroatoms. The highest BCUT2D eigenvalue weighted by Crippen LogP contribution is 2.38. The van der Waals surface area contributed by atoms with Gasteiger partial charge in [-0.3, -0.25) is 9.89 Å². The van der Waals surface area contributed by atoms with Gasteiger partial charge in [0.2, 0.25) is 0 Å². The first-order valence-electron chi connectivity index (χ1n) is 10.7. The summed E-state index contributed by atoms with van der Waals surface area (Å²) in [5.41, 5.74) is 6.38. The number of hydrogen-bond donors (Lipinski definition) is 3. The lowest BCUT2D eigenvalue weighted by molar-refractivity contribution is 0.0736. The van der Waals surface area contributed by atoms with Crippen molar-refractivity contribution in [2.75, 3.05) is 39.9 Å². The number of rotatable bonds is 4. The molecule has 3 aromatic rings. The molecule has 3 N–H and O–H groups in total. The van der Waals surface area contributed by atoms with Gasteiger partial charge in [0.05, 0.1) is 12.3 Å². The molecule has 1 atom stereocenters. The minimum Gasteiger partial charge on any atom is -0.384 e. The zero-order valence-corrected chi connectivity index (χ0v) is 17.7. The number of hydrogen-bond acceptors (Lipinski definition) is 4. The predicted octanol–water partition coefficient (Wildman–Crippen LogP) is 2.74. The summed E-state index contributed by atoms with van der Waals surface area (Å²) in [4.78, 5) is 18.3. The second-order valence-electron chi connectivity index (χ2n) is 8.98. The van der Waals surface area contributed by atoms with Gasteiger partial charge in [-0.25, -0.2) is 0 Å². The van der Waals surface area contributed by atoms with Crippen molar-refractivity contribution in [3.8, 4) is 11.4 Å². The molecule has 1 aliphatic carbocycles. The Labute approximate surface area is 176 Å². The van der Waals surface area contributed by atoms with Crippen LogP contribution in [0.3, 0.4) is 0 Å². The van der Waals surface area contributed by atoms with Crippen LogP contribution in [0.2, 0.25) is 0 Å². The summed E-state index contributed by atoms with van der Waals surface area (Å²) in [6, 6.07) is 8.06. The number of amides is 1. The quantitative estimate of drug-likeness (QED) is 0.621. The number of fused-ring (bicyclic) bond motifs is 2. The first-order chi connectivity index (χ1) is 14.6. The third-order valence-electron chi connectivity index (χ3n) is 6.56. The molecule has 0 saturated carbocycles. The monoisotopic (exact) mass is 407 g/mol. The fourth-order valence-electron chi connectivity index (χ4n) is 4.89. The van der Waals surface area contributed by atoms with Crippen molar-refractivity contribution in [1.29, 1.82) is 0 Å². The first kappa shape index (κ1) is 19.3. The van der Waals surface area contributed by atoms with E-state index in [9.17, 15) is 4.79 Å². The Kier molecular flexibility index (Phi) is 4.87. The number of methoxy groups -OCH3 is 1. The number of aromatic amines is 2. The molecule has 1 saturated heterocycles. The fraction of sp³-hybridized carbons (Fsp3) is 0.478. The number of H-pyrrole nitrogens is 2. The van der Waals surface area contributed by atoms with E-state index in [1.54, 1.807) is 7.11 Å². The van der Waals surface area contributed by atoms with Crippen molar-refractivity contribution in [1.82, 2.24) is 25.4 Å².